The number of nitrogens with zero attached hydrogens (tertiary/aromatic N) is 1. The van der Waals surface area contributed by atoms with E-state index < -0.39 is 0 Å². The van der Waals surface area contributed by atoms with Crippen LogP contribution in [0.2, 0.25) is 0 Å². The van der Waals surface area contributed by atoms with Crippen molar-refractivity contribution in [2.45, 2.75) is 29.7 Å². The van der Waals surface area contributed by atoms with Crippen LogP contribution < -0.4 is 5.32 Å². The lowest BCUT2D eigenvalue weighted by molar-refractivity contribution is 0.758. The molecular weight excluding hydrogens is 745 g/mol. The monoisotopic (exact) mass is 792 g/mol. The summed E-state index contributed by atoms with van der Waals surface area (Å²) in [6.45, 7) is 4.31. The van der Waals surface area contributed by atoms with Crippen molar-refractivity contribution in [3.05, 3.63) is 240 Å². The summed E-state index contributed by atoms with van der Waals surface area (Å²) in [6, 6.07) is 56.7. The highest BCUT2D eigenvalue weighted by atomic mass is 32.2. The van der Waals surface area contributed by atoms with E-state index >= 15 is 0 Å². The molecule has 7 aromatic rings. The highest BCUT2D eigenvalue weighted by Crippen LogP contribution is 2.40. The molecule has 0 fully saturated rings. The zero-order chi connectivity index (χ0) is 40.7. The van der Waals surface area contributed by atoms with Gasteiger partial charge in [0, 0.05) is 27.6 Å². The molecule has 2 atom stereocenters. The molecule has 1 aromatic heterocycles. The van der Waals surface area contributed by atoms with Crippen molar-refractivity contribution in [2.75, 3.05) is 11.6 Å². The number of hydrogen-bond donors (Lipinski definition) is 1. The second-order valence-electron chi connectivity index (χ2n) is 15.2. The number of anilines is 1. The standard InChI is InChI=1S/C57H48N2S/c1-3-49-51-25-14-7-15-27-55(51)59(56-29-17-26-50(57(56)60-2)45-23-12-6-13-24-45)54(49)28-16-18-41-30-32-46(33-31-41)52-40-47(43-21-10-5-11-22-43)36-39-53(52)58-48-37-34-44(35-38-48)42-19-8-4-9-20-42/h3-6,8-17,19-40,52-53,58H,1,7,18H2,2H3/b28-16-. The van der Waals surface area contributed by atoms with E-state index in [1.807, 2.05) is 6.08 Å². The maximum atomic E-state index is 4.31. The quantitative estimate of drug-likeness (QED) is 0.124. The van der Waals surface area contributed by atoms with Gasteiger partial charge < -0.3 is 9.88 Å². The Morgan fingerprint density at radius 2 is 1.35 bits per heavy atom. The number of benzene rings is 6. The SMILES string of the molecule is C=Cc1c2c(n(-c3cccc(-c4ccccc4)c3SC)c1/C=C\Cc1ccc(C3C=C(c4ccccc4)C=CC3Nc3ccc(-c4ccccc4)cc3)cc1)C=CCC=C2. The van der Waals surface area contributed by atoms with Gasteiger partial charge >= 0.3 is 0 Å². The molecule has 60 heavy (non-hydrogen) atoms. The molecule has 2 aliphatic rings. The minimum absolute atomic E-state index is 0.0980. The lowest BCUT2D eigenvalue weighted by atomic mass is 9.83. The molecule has 2 unspecified atom stereocenters. The average Bonchev–Trinajstić information content (AvgIpc) is 3.41. The van der Waals surface area contributed by atoms with E-state index in [0.29, 0.717) is 0 Å². The van der Waals surface area contributed by atoms with Crippen LogP contribution in [0.3, 0.4) is 0 Å². The third-order valence-corrected chi connectivity index (χ3v) is 12.4. The third kappa shape index (κ3) is 8.10. The Bertz CT molecular complexity index is 2750. The van der Waals surface area contributed by atoms with E-state index in [1.54, 1.807) is 11.8 Å². The number of nitrogens with one attached hydrogen (secondary N) is 1. The van der Waals surface area contributed by atoms with Gasteiger partial charge in [0.25, 0.3) is 0 Å². The maximum absolute atomic E-state index is 4.31. The Kier molecular flexibility index (Phi) is 11.6. The summed E-state index contributed by atoms with van der Waals surface area (Å²) in [7, 11) is 0. The Labute approximate surface area is 359 Å². The van der Waals surface area contributed by atoms with Crippen molar-refractivity contribution >= 4 is 47.3 Å². The van der Waals surface area contributed by atoms with Crippen LogP contribution in [0.15, 0.2) is 206 Å². The molecule has 0 aliphatic heterocycles. The Morgan fingerprint density at radius 3 is 2.05 bits per heavy atom. The largest absolute Gasteiger partial charge is 0.378 e. The molecule has 1 N–H and O–H groups in total. The normalized spacial score (nSPS) is 15.7. The van der Waals surface area contributed by atoms with E-state index in [4.69, 9.17) is 0 Å². The molecule has 0 radical (unpaired) electrons. The van der Waals surface area contributed by atoms with Gasteiger partial charge in [-0.15, -0.1) is 11.8 Å². The molecule has 292 valence electrons. The zero-order valence-electron chi connectivity index (χ0n) is 33.9. The van der Waals surface area contributed by atoms with Crippen LogP contribution in [0, 0.1) is 0 Å². The first-order valence-electron chi connectivity index (χ1n) is 20.8. The van der Waals surface area contributed by atoms with Crippen molar-refractivity contribution < 1.29 is 0 Å². The lowest BCUT2D eigenvalue weighted by Gasteiger charge is -2.29. The topological polar surface area (TPSA) is 17.0 Å². The number of rotatable bonds is 12. The van der Waals surface area contributed by atoms with E-state index in [9.17, 15) is 0 Å². The summed E-state index contributed by atoms with van der Waals surface area (Å²) in [5.41, 5.74) is 16.9. The minimum atomic E-state index is 0.0980. The fraction of sp³-hybridized carbons (Fsp3) is 0.0877. The van der Waals surface area contributed by atoms with Gasteiger partial charge in [0.2, 0.25) is 0 Å². The first kappa shape index (κ1) is 38.7. The van der Waals surface area contributed by atoms with E-state index in [0.717, 1.165) is 29.8 Å². The summed E-state index contributed by atoms with van der Waals surface area (Å²) < 4.78 is 2.44. The van der Waals surface area contributed by atoms with Crippen LogP contribution in [0.5, 0.6) is 0 Å². The number of allylic oxidation sites excluding steroid dienone is 5. The van der Waals surface area contributed by atoms with Crippen LogP contribution in [-0.2, 0) is 6.42 Å². The number of fused-ring (bicyclic) bond motifs is 1. The maximum Gasteiger partial charge on any atom is 0.0604 e. The summed E-state index contributed by atoms with van der Waals surface area (Å²) in [5.74, 6) is 0.149. The predicted octanol–water partition coefficient (Wildman–Crippen LogP) is 15.1. The molecule has 0 saturated heterocycles. The molecule has 2 aliphatic carbocycles. The van der Waals surface area contributed by atoms with Gasteiger partial charge in [0.15, 0.2) is 0 Å². The van der Waals surface area contributed by atoms with Gasteiger partial charge in [-0.3, -0.25) is 0 Å². The second-order valence-corrected chi connectivity index (χ2v) is 16.1. The summed E-state index contributed by atoms with van der Waals surface area (Å²) in [6.07, 6.45) is 26.6. The van der Waals surface area contributed by atoms with Gasteiger partial charge in [-0.05, 0) is 94.0 Å². The van der Waals surface area contributed by atoms with Crippen molar-refractivity contribution in [2.24, 2.45) is 0 Å². The third-order valence-electron chi connectivity index (χ3n) is 11.5. The first-order chi connectivity index (χ1) is 29.7. The van der Waals surface area contributed by atoms with E-state index in [2.05, 4.69) is 235 Å². The van der Waals surface area contributed by atoms with Crippen LogP contribution in [-0.4, -0.2) is 16.9 Å². The molecule has 3 heteroatoms. The molecule has 0 amide bonds. The van der Waals surface area contributed by atoms with Gasteiger partial charge in [-0.2, -0.15) is 0 Å². The molecule has 2 nitrogen and oxygen atoms in total. The van der Waals surface area contributed by atoms with Gasteiger partial charge in [-0.25, -0.2) is 0 Å². The number of thioether (sulfide) groups is 1. The number of aromatic nitrogens is 1. The van der Waals surface area contributed by atoms with Gasteiger partial charge in [-0.1, -0.05) is 195 Å². The average molecular weight is 793 g/mol. The molecule has 0 spiro atoms. The number of hydrogen-bond acceptors (Lipinski definition) is 2. The summed E-state index contributed by atoms with van der Waals surface area (Å²) >= 11 is 1.80. The summed E-state index contributed by atoms with van der Waals surface area (Å²) in [4.78, 5) is 1.25. The molecule has 0 bridgehead atoms. The van der Waals surface area contributed by atoms with Crippen molar-refractivity contribution in [1.29, 1.82) is 0 Å². The zero-order valence-corrected chi connectivity index (χ0v) is 34.7. The van der Waals surface area contributed by atoms with Gasteiger partial charge in [0.05, 0.1) is 23.1 Å². The predicted molar refractivity (Wildman–Crippen MR) is 261 cm³/mol. The second kappa shape index (κ2) is 18.0. The lowest BCUT2D eigenvalue weighted by Crippen LogP contribution is -2.26. The highest BCUT2D eigenvalue weighted by molar-refractivity contribution is 7.98. The molecule has 1 heterocycles. The Morgan fingerprint density at radius 1 is 0.683 bits per heavy atom. The van der Waals surface area contributed by atoms with Gasteiger partial charge in [0.1, 0.15) is 0 Å². The Hall–Kier alpha value is -6.81. The molecular formula is C57H48N2S. The molecule has 6 aromatic carbocycles. The van der Waals surface area contributed by atoms with E-state index in [1.165, 1.54) is 66.4 Å². The van der Waals surface area contributed by atoms with Crippen molar-refractivity contribution in [3.63, 3.8) is 0 Å². The van der Waals surface area contributed by atoms with Crippen LogP contribution in [0.4, 0.5) is 5.69 Å². The van der Waals surface area contributed by atoms with Crippen LogP contribution in [0.1, 0.15) is 51.5 Å². The fourth-order valence-electron chi connectivity index (χ4n) is 8.54. The van der Waals surface area contributed by atoms with Crippen molar-refractivity contribution in [1.82, 2.24) is 4.57 Å². The minimum Gasteiger partial charge on any atom is -0.378 e. The summed E-state index contributed by atoms with van der Waals surface area (Å²) in [5, 5.41) is 3.86. The van der Waals surface area contributed by atoms with Crippen LogP contribution in [0.25, 0.3) is 57.8 Å². The molecule has 0 saturated carbocycles. The highest BCUT2D eigenvalue weighted by Gasteiger charge is 2.24. The molecule has 9 rings (SSSR count). The van der Waals surface area contributed by atoms with Crippen LogP contribution >= 0.6 is 11.8 Å². The first-order valence-corrected chi connectivity index (χ1v) is 22.0. The smallest absolute Gasteiger partial charge is 0.0604 e. The van der Waals surface area contributed by atoms with E-state index in [-0.39, 0.29) is 12.0 Å². The van der Waals surface area contributed by atoms with Crippen molar-refractivity contribution in [3.8, 4) is 27.9 Å². The fourth-order valence-corrected chi connectivity index (χ4v) is 9.31. The Balaban J connectivity index is 1.01.